The summed E-state index contributed by atoms with van der Waals surface area (Å²) in [6.45, 7) is 0.853. The molecule has 0 aromatic heterocycles. The van der Waals surface area contributed by atoms with E-state index in [1.54, 1.807) is 11.8 Å². The maximum atomic E-state index is 12.0. The van der Waals surface area contributed by atoms with E-state index in [4.69, 9.17) is 0 Å². The highest BCUT2D eigenvalue weighted by Gasteiger charge is 2.26. The highest BCUT2D eigenvalue weighted by atomic mass is 32.2. The molecule has 1 aromatic carbocycles. The minimum absolute atomic E-state index is 0.160. The maximum Gasteiger partial charge on any atom is 0.319 e. The molecular weight excluding hydrogens is 322 g/mol. The van der Waals surface area contributed by atoms with Gasteiger partial charge >= 0.3 is 6.03 Å². The number of amides is 2. The molecule has 6 nitrogen and oxygen atoms in total. The van der Waals surface area contributed by atoms with Gasteiger partial charge in [0.2, 0.25) is 10.0 Å². The molecule has 1 aliphatic heterocycles. The van der Waals surface area contributed by atoms with Crippen molar-refractivity contribution in [2.75, 3.05) is 30.9 Å². The molecule has 0 saturated carbocycles. The third-order valence-corrected chi connectivity index (χ3v) is 5.51. The van der Waals surface area contributed by atoms with Gasteiger partial charge in [0.1, 0.15) is 0 Å². The molecule has 2 rings (SSSR count). The first kappa shape index (κ1) is 17.1. The number of thioether (sulfide) groups is 1. The second-order valence-corrected chi connectivity index (χ2v) is 8.15. The van der Waals surface area contributed by atoms with Gasteiger partial charge in [-0.3, -0.25) is 0 Å². The topological polar surface area (TPSA) is 78.5 Å². The molecule has 1 fully saturated rings. The molecule has 2 N–H and O–H groups in total. The van der Waals surface area contributed by atoms with Crippen LogP contribution >= 0.6 is 11.8 Å². The molecule has 0 unspecified atom stereocenters. The fourth-order valence-corrected chi connectivity index (χ4v) is 3.79. The number of sulfonamides is 1. The zero-order chi connectivity index (χ0) is 16.2. The van der Waals surface area contributed by atoms with E-state index in [1.165, 1.54) is 10.6 Å². The van der Waals surface area contributed by atoms with Crippen LogP contribution in [-0.4, -0.2) is 50.4 Å². The van der Waals surface area contributed by atoms with Crippen molar-refractivity contribution in [2.24, 2.45) is 0 Å². The van der Waals surface area contributed by atoms with Gasteiger partial charge in [-0.15, -0.1) is 11.8 Å². The van der Waals surface area contributed by atoms with Crippen molar-refractivity contribution in [3.63, 3.8) is 0 Å². The van der Waals surface area contributed by atoms with Crippen molar-refractivity contribution >= 4 is 33.5 Å². The summed E-state index contributed by atoms with van der Waals surface area (Å²) in [6.07, 6.45) is 4.70. The Kier molecular flexibility index (Phi) is 5.71. The van der Waals surface area contributed by atoms with Gasteiger partial charge in [0.25, 0.3) is 0 Å². The van der Waals surface area contributed by atoms with E-state index in [0.717, 1.165) is 23.4 Å². The van der Waals surface area contributed by atoms with E-state index in [9.17, 15) is 13.2 Å². The average Bonchev–Trinajstić information content (AvgIpc) is 2.46. The Morgan fingerprint density at radius 3 is 2.86 bits per heavy atom. The summed E-state index contributed by atoms with van der Waals surface area (Å²) < 4.78 is 24.6. The maximum absolute atomic E-state index is 12.0. The van der Waals surface area contributed by atoms with Crippen LogP contribution in [0.3, 0.4) is 0 Å². The monoisotopic (exact) mass is 343 g/mol. The summed E-state index contributed by atoms with van der Waals surface area (Å²) in [5.41, 5.74) is 0.722. The number of hydrogen-bond donors (Lipinski definition) is 2. The fourth-order valence-electron chi connectivity index (χ4n) is 2.41. The van der Waals surface area contributed by atoms with Gasteiger partial charge in [0.15, 0.2) is 0 Å². The number of hydrogen-bond acceptors (Lipinski definition) is 4. The molecule has 1 aromatic rings. The minimum Gasteiger partial charge on any atom is -0.334 e. The lowest BCUT2D eigenvalue weighted by atomic mass is 10.1. The zero-order valence-corrected chi connectivity index (χ0v) is 14.3. The number of nitrogens with zero attached hydrogens (tertiary/aromatic N) is 1. The Morgan fingerprint density at radius 2 is 2.18 bits per heavy atom. The van der Waals surface area contributed by atoms with Crippen LogP contribution in [0, 0.1) is 0 Å². The largest absolute Gasteiger partial charge is 0.334 e. The number of piperidine rings is 1. The predicted molar refractivity (Wildman–Crippen MR) is 89.8 cm³/mol. The molecule has 1 saturated heterocycles. The van der Waals surface area contributed by atoms with Gasteiger partial charge in [-0.25, -0.2) is 17.5 Å². The van der Waals surface area contributed by atoms with Gasteiger partial charge in [-0.1, -0.05) is 6.07 Å². The number of rotatable bonds is 4. The van der Waals surface area contributed by atoms with Crippen molar-refractivity contribution < 1.29 is 13.2 Å². The summed E-state index contributed by atoms with van der Waals surface area (Å²) in [5.74, 6) is 0. The summed E-state index contributed by atoms with van der Waals surface area (Å²) in [6, 6.07) is 7.11. The predicted octanol–water partition coefficient (Wildman–Crippen LogP) is 1.95. The quantitative estimate of drug-likeness (QED) is 0.819. The number of anilines is 1. The van der Waals surface area contributed by atoms with Crippen LogP contribution in [0.5, 0.6) is 0 Å². The van der Waals surface area contributed by atoms with Crippen molar-refractivity contribution in [2.45, 2.75) is 23.8 Å². The molecule has 1 aliphatic rings. The lowest BCUT2D eigenvalue weighted by Gasteiger charge is -2.31. The smallest absolute Gasteiger partial charge is 0.319 e. The second kappa shape index (κ2) is 7.34. The molecule has 2 amide bonds. The van der Waals surface area contributed by atoms with Crippen molar-refractivity contribution in [1.29, 1.82) is 0 Å². The molecule has 1 atom stereocenters. The van der Waals surface area contributed by atoms with E-state index in [-0.39, 0.29) is 12.1 Å². The molecule has 0 radical (unpaired) electrons. The van der Waals surface area contributed by atoms with E-state index in [0.29, 0.717) is 13.1 Å². The van der Waals surface area contributed by atoms with Crippen LogP contribution in [0.4, 0.5) is 10.5 Å². The average molecular weight is 343 g/mol. The molecule has 8 heteroatoms. The fraction of sp³-hybridized carbons (Fsp3) is 0.500. The SMILES string of the molecule is CSc1cccc(NC(=O)N[C@H]2CCCN(S(C)(=O)=O)C2)c1. The Hall–Kier alpha value is -1.25. The van der Waals surface area contributed by atoms with E-state index in [1.807, 2.05) is 30.5 Å². The van der Waals surface area contributed by atoms with E-state index in [2.05, 4.69) is 10.6 Å². The normalized spacial score (nSPS) is 19.6. The van der Waals surface area contributed by atoms with Crippen molar-refractivity contribution in [3.05, 3.63) is 24.3 Å². The van der Waals surface area contributed by atoms with Gasteiger partial charge in [0.05, 0.1) is 6.26 Å². The summed E-state index contributed by atoms with van der Waals surface area (Å²) in [5, 5.41) is 5.63. The molecule has 0 spiro atoms. The summed E-state index contributed by atoms with van der Waals surface area (Å²) >= 11 is 1.60. The molecule has 0 aliphatic carbocycles. The van der Waals surface area contributed by atoms with Crippen LogP contribution in [-0.2, 0) is 10.0 Å². The Labute approximate surface area is 135 Å². The van der Waals surface area contributed by atoms with Crippen molar-refractivity contribution in [1.82, 2.24) is 9.62 Å². The number of benzene rings is 1. The van der Waals surface area contributed by atoms with Crippen LogP contribution in [0.15, 0.2) is 29.2 Å². The van der Waals surface area contributed by atoms with E-state index < -0.39 is 10.0 Å². The first-order valence-corrected chi connectivity index (χ1v) is 10.1. The minimum atomic E-state index is -3.20. The second-order valence-electron chi connectivity index (χ2n) is 5.29. The van der Waals surface area contributed by atoms with Crippen LogP contribution in [0.25, 0.3) is 0 Å². The lowest BCUT2D eigenvalue weighted by molar-refractivity contribution is 0.236. The van der Waals surface area contributed by atoms with Gasteiger partial charge in [0, 0.05) is 29.7 Å². The standard InChI is InChI=1S/C14H21N3O3S2/c1-21-13-7-3-5-11(9-13)15-14(18)16-12-6-4-8-17(10-12)22(2,19)20/h3,5,7,9,12H,4,6,8,10H2,1-2H3,(H2,15,16,18)/t12-/m0/s1. The van der Waals surface area contributed by atoms with Crippen molar-refractivity contribution in [3.8, 4) is 0 Å². The Balaban J connectivity index is 1.91. The highest BCUT2D eigenvalue weighted by Crippen LogP contribution is 2.19. The third kappa shape index (κ3) is 4.89. The summed E-state index contributed by atoms with van der Waals surface area (Å²) in [7, 11) is -3.20. The number of urea groups is 1. The lowest BCUT2D eigenvalue weighted by Crippen LogP contribution is -2.50. The number of carbonyl (C=O) groups excluding carboxylic acids is 1. The zero-order valence-electron chi connectivity index (χ0n) is 12.7. The first-order valence-electron chi connectivity index (χ1n) is 7.05. The van der Waals surface area contributed by atoms with Gasteiger partial charge < -0.3 is 10.6 Å². The summed E-state index contributed by atoms with van der Waals surface area (Å²) in [4.78, 5) is 13.1. The third-order valence-electron chi connectivity index (χ3n) is 3.52. The van der Waals surface area contributed by atoms with Gasteiger partial charge in [-0.05, 0) is 37.3 Å². The molecule has 0 bridgehead atoms. The number of carbonyl (C=O) groups is 1. The number of nitrogens with one attached hydrogen (secondary N) is 2. The van der Waals surface area contributed by atoms with Crippen LogP contribution in [0.1, 0.15) is 12.8 Å². The highest BCUT2D eigenvalue weighted by molar-refractivity contribution is 7.98. The Bertz CT molecular complexity index is 634. The molecule has 1 heterocycles. The first-order chi connectivity index (χ1) is 10.4. The van der Waals surface area contributed by atoms with Crippen LogP contribution < -0.4 is 10.6 Å². The van der Waals surface area contributed by atoms with Crippen LogP contribution in [0.2, 0.25) is 0 Å². The molecule has 22 heavy (non-hydrogen) atoms. The Morgan fingerprint density at radius 1 is 1.41 bits per heavy atom. The molecule has 122 valence electrons. The molecular formula is C14H21N3O3S2. The van der Waals surface area contributed by atoms with E-state index >= 15 is 0 Å². The van der Waals surface area contributed by atoms with Gasteiger partial charge in [-0.2, -0.15) is 0 Å².